The van der Waals surface area contributed by atoms with Gasteiger partial charge in [-0.25, -0.2) is 0 Å². The molecule has 1 aliphatic carbocycles. The van der Waals surface area contributed by atoms with Crippen molar-refractivity contribution in [3.8, 4) is 0 Å². The number of hydrogen-bond donors (Lipinski definition) is 0. The van der Waals surface area contributed by atoms with Crippen molar-refractivity contribution in [2.75, 3.05) is 0 Å². The third kappa shape index (κ3) is 3.25. The third-order valence-electron chi connectivity index (χ3n) is 1.43. The highest BCUT2D eigenvalue weighted by Gasteiger charge is 2.38. The van der Waals surface area contributed by atoms with Crippen molar-refractivity contribution >= 4 is 23.2 Å². The fourth-order valence-electron chi connectivity index (χ4n) is 0.913. The molecule has 0 saturated carbocycles. The second kappa shape index (κ2) is 3.56. The molecule has 0 spiro atoms. The Morgan fingerprint density at radius 2 is 2.00 bits per heavy atom. The maximum absolute atomic E-state index is 12.5. The van der Waals surface area contributed by atoms with Crippen LogP contribution in [0.15, 0.2) is 24.3 Å². The Morgan fingerprint density at radius 3 is 2.46 bits per heavy atom. The van der Waals surface area contributed by atoms with E-state index in [1.807, 2.05) is 0 Å². The minimum Gasteiger partial charge on any atom is -0.310 e. The van der Waals surface area contributed by atoms with E-state index in [9.17, 15) is 8.78 Å². The normalized spacial score (nSPS) is 26.4. The van der Waals surface area contributed by atoms with Crippen molar-refractivity contribution in [3.05, 3.63) is 24.3 Å². The number of halogens is 4. The van der Waals surface area contributed by atoms with Gasteiger partial charge in [0.1, 0.15) is 6.10 Å². The first-order valence-electron chi connectivity index (χ1n) is 3.61. The maximum atomic E-state index is 12.5. The van der Waals surface area contributed by atoms with Gasteiger partial charge >= 0.3 is 6.11 Å². The lowest BCUT2D eigenvalue weighted by atomic mass is 10.1. The van der Waals surface area contributed by atoms with Crippen LogP contribution >= 0.6 is 23.2 Å². The molecule has 0 N–H and O–H groups in total. The van der Waals surface area contributed by atoms with Gasteiger partial charge in [-0.05, 0) is 6.08 Å². The van der Waals surface area contributed by atoms with Gasteiger partial charge in [-0.1, -0.05) is 41.4 Å². The summed E-state index contributed by atoms with van der Waals surface area (Å²) in [4.78, 5) is 0. The molecular weight excluding hydrogens is 221 g/mol. The van der Waals surface area contributed by atoms with Crippen LogP contribution < -0.4 is 0 Å². The van der Waals surface area contributed by atoms with Gasteiger partial charge in [0.15, 0.2) is 4.33 Å². The third-order valence-corrected chi connectivity index (χ3v) is 2.11. The van der Waals surface area contributed by atoms with Crippen LogP contribution in [0.25, 0.3) is 0 Å². The van der Waals surface area contributed by atoms with Crippen LogP contribution in [0.3, 0.4) is 0 Å². The van der Waals surface area contributed by atoms with E-state index < -0.39 is 16.5 Å². The summed E-state index contributed by atoms with van der Waals surface area (Å²) < 4.78 is 27.8. The molecule has 13 heavy (non-hydrogen) atoms. The highest BCUT2D eigenvalue weighted by molar-refractivity contribution is 6.50. The molecule has 1 nitrogen and oxygen atoms in total. The first kappa shape index (κ1) is 11.0. The molecular formula is C8H8Cl2F2O. The lowest BCUT2D eigenvalue weighted by Crippen LogP contribution is -2.36. The van der Waals surface area contributed by atoms with E-state index in [1.165, 1.54) is 12.2 Å². The van der Waals surface area contributed by atoms with Gasteiger partial charge in [-0.2, -0.15) is 8.78 Å². The van der Waals surface area contributed by atoms with E-state index in [2.05, 4.69) is 4.74 Å². The average Bonchev–Trinajstić information content (AvgIpc) is 1.91. The van der Waals surface area contributed by atoms with Crippen LogP contribution in [0.4, 0.5) is 8.78 Å². The van der Waals surface area contributed by atoms with E-state index in [-0.39, 0.29) is 0 Å². The number of rotatable bonds is 2. The molecule has 74 valence electrons. The molecule has 1 unspecified atom stereocenters. The van der Waals surface area contributed by atoms with Crippen LogP contribution in [0.2, 0.25) is 0 Å². The minimum absolute atomic E-state index is 0.642. The van der Waals surface area contributed by atoms with Crippen molar-refractivity contribution in [3.63, 3.8) is 0 Å². The molecule has 0 radical (unpaired) electrons. The molecule has 0 saturated heterocycles. The fourth-order valence-corrected chi connectivity index (χ4v) is 1.29. The summed E-state index contributed by atoms with van der Waals surface area (Å²) in [7, 11) is 0. The molecule has 0 aromatic carbocycles. The van der Waals surface area contributed by atoms with E-state index in [0.29, 0.717) is 6.92 Å². The summed E-state index contributed by atoms with van der Waals surface area (Å²) in [6.45, 7) is 0.642. The first-order chi connectivity index (χ1) is 5.81. The topological polar surface area (TPSA) is 9.23 Å². The van der Waals surface area contributed by atoms with Crippen molar-refractivity contribution in [2.45, 2.75) is 23.5 Å². The zero-order valence-corrected chi connectivity index (χ0v) is 8.32. The second-order valence-electron chi connectivity index (χ2n) is 2.76. The summed E-state index contributed by atoms with van der Waals surface area (Å²) in [5, 5.41) is 0. The summed E-state index contributed by atoms with van der Waals surface area (Å²) in [5.41, 5.74) is 0. The van der Waals surface area contributed by atoms with Gasteiger partial charge in [-0.15, -0.1) is 0 Å². The van der Waals surface area contributed by atoms with E-state index in [1.54, 1.807) is 12.2 Å². The van der Waals surface area contributed by atoms with Crippen molar-refractivity contribution in [1.82, 2.24) is 0 Å². The molecule has 0 aromatic heterocycles. The van der Waals surface area contributed by atoms with Gasteiger partial charge in [0, 0.05) is 6.92 Å². The zero-order chi connectivity index (χ0) is 10.1. The van der Waals surface area contributed by atoms with Crippen molar-refractivity contribution in [2.24, 2.45) is 0 Å². The van der Waals surface area contributed by atoms with Crippen LogP contribution in [0.5, 0.6) is 0 Å². The highest BCUT2D eigenvalue weighted by Crippen LogP contribution is 2.35. The number of alkyl halides is 4. The molecule has 0 heterocycles. The van der Waals surface area contributed by atoms with Crippen LogP contribution in [0.1, 0.15) is 6.92 Å². The van der Waals surface area contributed by atoms with E-state index in [4.69, 9.17) is 23.2 Å². The minimum atomic E-state index is -3.24. The predicted molar refractivity (Wildman–Crippen MR) is 48.2 cm³/mol. The van der Waals surface area contributed by atoms with Gasteiger partial charge in [0.2, 0.25) is 0 Å². The van der Waals surface area contributed by atoms with Crippen molar-refractivity contribution < 1.29 is 13.5 Å². The summed E-state index contributed by atoms with van der Waals surface area (Å²) in [6, 6.07) is 0. The Labute approximate surface area is 85.0 Å². The standard InChI is InChI=1S/C8H8Cl2F2O/c1-7(11,12)13-6-4-2-3-5-8(6,9)10/h2-6H,1H3. The molecule has 0 aromatic rings. The molecule has 1 aliphatic rings. The molecule has 0 aliphatic heterocycles. The van der Waals surface area contributed by atoms with Gasteiger partial charge in [-0.3, -0.25) is 0 Å². The van der Waals surface area contributed by atoms with Crippen LogP contribution in [0, 0.1) is 0 Å². The molecule has 1 atom stereocenters. The highest BCUT2D eigenvalue weighted by atomic mass is 35.5. The second-order valence-corrected chi connectivity index (χ2v) is 4.21. The summed E-state index contributed by atoms with van der Waals surface area (Å²) >= 11 is 11.4. The Balaban J connectivity index is 2.70. The van der Waals surface area contributed by atoms with Crippen molar-refractivity contribution in [1.29, 1.82) is 0 Å². The van der Waals surface area contributed by atoms with Gasteiger partial charge < -0.3 is 4.74 Å². The zero-order valence-electron chi connectivity index (χ0n) is 6.81. The lowest BCUT2D eigenvalue weighted by Gasteiger charge is -2.28. The predicted octanol–water partition coefficient (Wildman–Crippen LogP) is 3.28. The molecule has 0 amide bonds. The van der Waals surface area contributed by atoms with E-state index >= 15 is 0 Å². The Morgan fingerprint density at radius 1 is 1.38 bits per heavy atom. The van der Waals surface area contributed by atoms with Gasteiger partial charge in [0.25, 0.3) is 0 Å². The molecule has 1 rings (SSSR count). The molecule has 0 fully saturated rings. The summed E-state index contributed by atoms with van der Waals surface area (Å²) in [5.74, 6) is 0. The number of ether oxygens (including phenoxy) is 1. The fraction of sp³-hybridized carbons (Fsp3) is 0.500. The average molecular weight is 229 g/mol. The number of hydrogen-bond acceptors (Lipinski definition) is 1. The monoisotopic (exact) mass is 228 g/mol. The number of allylic oxidation sites excluding steroid dienone is 2. The van der Waals surface area contributed by atoms with Crippen LogP contribution in [-0.4, -0.2) is 16.5 Å². The maximum Gasteiger partial charge on any atom is 0.353 e. The SMILES string of the molecule is CC(F)(F)OC1C=CC=CC1(Cl)Cl. The van der Waals surface area contributed by atoms with Crippen LogP contribution in [-0.2, 0) is 4.74 Å². The molecule has 0 bridgehead atoms. The Bertz CT molecular complexity index is 243. The summed E-state index contributed by atoms with van der Waals surface area (Å²) in [6.07, 6.45) is 1.65. The Kier molecular flexibility index (Phi) is 3.00. The quantitative estimate of drug-likeness (QED) is 0.660. The Hall–Kier alpha value is -0.120. The largest absolute Gasteiger partial charge is 0.353 e. The lowest BCUT2D eigenvalue weighted by molar-refractivity contribution is -0.240. The van der Waals surface area contributed by atoms with E-state index in [0.717, 1.165) is 0 Å². The smallest absolute Gasteiger partial charge is 0.310 e. The first-order valence-corrected chi connectivity index (χ1v) is 4.36. The molecule has 5 heteroatoms. The van der Waals surface area contributed by atoms with Gasteiger partial charge in [0.05, 0.1) is 0 Å².